The van der Waals surface area contributed by atoms with Crippen LogP contribution in [0.2, 0.25) is 0 Å². The second-order valence-electron chi connectivity index (χ2n) is 4.80. The van der Waals surface area contributed by atoms with E-state index in [1.54, 1.807) is 0 Å². The van der Waals surface area contributed by atoms with Crippen LogP contribution in [0.5, 0.6) is 0 Å². The predicted octanol–water partition coefficient (Wildman–Crippen LogP) is 2.40. The van der Waals surface area contributed by atoms with Crippen LogP contribution in [-0.2, 0) is 11.3 Å². The van der Waals surface area contributed by atoms with Gasteiger partial charge in [0.2, 0.25) is 0 Å². The van der Waals surface area contributed by atoms with Gasteiger partial charge in [-0.3, -0.25) is 0 Å². The number of nitrogens with one attached hydrogen (secondary N) is 1. The number of carbonyl (C=O) groups excluding carboxylic acids is 1. The summed E-state index contributed by atoms with van der Waals surface area (Å²) < 4.78 is 5.08. The van der Waals surface area contributed by atoms with Crippen molar-refractivity contribution >= 4 is 6.09 Å². The molecule has 1 unspecified atom stereocenters. The van der Waals surface area contributed by atoms with Crippen LogP contribution in [0.4, 0.5) is 4.79 Å². The summed E-state index contributed by atoms with van der Waals surface area (Å²) in [5.74, 6) is 0. The van der Waals surface area contributed by atoms with Crippen LogP contribution in [0.25, 0.3) is 0 Å². The summed E-state index contributed by atoms with van der Waals surface area (Å²) in [5.41, 5.74) is 1.27. The van der Waals surface area contributed by atoms with E-state index in [0.717, 1.165) is 32.5 Å². The van der Waals surface area contributed by atoms with E-state index in [-0.39, 0.29) is 12.1 Å². The Kier molecular flexibility index (Phi) is 5.21. The molecule has 2 rings (SSSR count). The van der Waals surface area contributed by atoms with E-state index >= 15 is 0 Å². The molecule has 1 aromatic carbocycles. The molecule has 1 amide bonds. The number of hydrogen-bond donors (Lipinski definition) is 1. The molecule has 1 aromatic rings. The molecule has 1 aliphatic heterocycles. The Labute approximate surface area is 114 Å². The molecule has 0 bridgehead atoms. The van der Waals surface area contributed by atoms with E-state index in [4.69, 9.17) is 4.74 Å². The molecule has 4 heteroatoms. The van der Waals surface area contributed by atoms with Gasteiger partial charge in [0.25, 0.3) is 0 Å². The second kappa shape index (κ2) is 7.14. The molecular weight excluding hydrogens is 240 g/mol. The van der Waals surface area contributed by atoms with Gasteiger partial charge in [-0.25, -0.2) is 4.79 Å². The van der Waals surface area contributed by atoms with Crippen LogP contribution < -0.4 is 5.32 Å². The number of carbonyl (C=O) groups is 1. The number of rotatable bonds is 5. The Hall–Kier alpha value is -1.55. The Morgan fingerprint density at radius 2 is 2.21 bits per heavy atom. The minimum atomic E-state index is -0.175. The molecule has 0 aromatic heterocycles. The first-order valence-corrected chi connectivity index (χ1v) is 6.99. The van der Waals surface area contributed by atoms with Crippen LogP contribution in [-0.4, -0.2) is 36.7 Å². The summed E-state index contributed by atoms with van der Waals surface area (Å²) in [6.07, 6.45) is 1.95. The lowest BCUT2D eigenvalue weighted by atomic mass is 10.2. The van der Waals surface area contributed by atoms with Gasteiger partial charge in [-0.05, 0) is 25.3 Å². The average Bonchev–Trinajstić information content (AvgIpc) is 2.89. The number of likely N-dealkylation sites (tertiary alicyclic amines) is 1. The summed E-state index contributed by atoms with van der Waals surface area (Å²) in [6.45, 7) is 4.77. The first-order chi connectivity index (χ1) is 9.31. The SMILES string of the molecule is CCOC(=O)N1CCCC1CNCc1ccccc1. The van der Waals surface area contributed by atoms with Gasteiger partial charge in [-0.15, -0.1) is 0 Å². The highest BCUT2D eigenvalue weighted by Crippen LogP contribution is 2.17. The van der Waals surface area contributed by atoms with Gasteiger partial charge in [0.1, 0.15) is 0 Å². The smallest absolute Gasteiger partial charge is 0.410 e. The van der Waals surface area contributed by atoms with Crippen LogP contribution in [0.3, 0.4) is 0 Å². The minimum Gasteiger partial charge on any atom is -0.450 e. The molecule has 104 valence electrons. The molecule has 4 nitrogen and oxygen atoms in total. The van der Waals surface area contributed by atoms with E-state index in [2.05, 4.69) is 17.4 Å². The first kappa shape index (κ1) is 13.9. The zero-order valence-electron chi connectivity index (χ0n) is 11.5. The van der Waals surface area contributed by atoms with Crippen molar-refractivity contribution < 1.29 is 9.53 Å². The second-order valence-corrected chi connectivity index (χ2v) is 4.80. The number of benzene rings is 1. The van der Waals surface area contributed by atoms with Gasteiger partial charge in [0.15, 0.2) is 0 Å². The third-order valence-corrected chi connectivity index (χ3v) is 3.43. The standard InChI is InChI=1S/C15H22N2O2/c1-2-19-15(18)17-10-6-9-14(17)12-16-11-13-7-4-3-5-8-13/h3-5,7-8,14,16H,2,6,9-12H2,1H3. The molecule has 1 fully saturated rings. The molecule has 0 aliphatic carbocycles. The lowest BCUT2D eigenvalue weighted by Gasteiger charge is -2.24. The van der Waals surface area contributed by atoms with E-state index in [9.17, 15) is 4.79 Å². The summed E-state index contributed by atoms with van der Waals surface area (Å²) in [6, 6.07) is 10.6. The largest absolute Gasteiger partial charge is 0.450 e. The Morgan fingerprint density at radius 1 is 1.42 bits per heavy atom. The number of nitrogens with zero attached hydrogens (tertiary/aromatic N) is 1. The Bertz CT molecular complexity index is 394. The van der Waals surface area contributed by atoms with Crippen LogP contribution in [0, 0.1) is 0 Å². The zero-order valence-corrected chi connectivity index (χ0v) is 11.5. The summed E-state index contributed by atoms with van der Waals surface area (Å²) >= 11 is 0. The zero-order chi connectivity index (χ0) is 13.5. The molecule has 0 spiro atoms. The third kappa shape index (κ3) is 3.96. The summed E-state index contributed by atoms with van der Waals surface area (Å²) in [4.78, 5) is 13.6. The van der Waals surface area contributed by atoms with Crippen molar-refractivity contribution in [2.45, 2.75) is 32.4 Å². The molecule has 0 radical (unpaired) electrons. The van der Waals surface area contributed by atoms with Gasteiger partial charge in [0, 0.05) is 25.7 Å². The van der Waals surface area contributed by atoms with Crippen molar-refractivity contribution in [2.75, 3.05) is 19.7 Å². The number of ether oxygens (including phenoxy) is 1. The van der Waals surface area contributed by atoms with Gasteiger partial charge < -0.3 is 15.0 Å². The Morgan fingerprint density at radius 3 is 2.95 bits per heavy atom. The fraction of sp³-hybridized carbons (Fsp3) is 0.533. The van der Waals surface area contributed by atoms with Gasteiger partial charge >= 0.3 is 6.09 Å². The maximum Gasteiger partial charge on any atom is 0.410 e. The van der Waals surface area contributed by atoms with Crippen LogP contribution in [0.1, 0.15) is 25.3 Å². The lowest BCUT2D eigenvalue weighted by Crippen LogP contribution is -2.41. The maximum atomic E-state index is 11.8. The maximum absolute atomic E-state index is 11.8. The Balaban J connectivity index is 1.77. The van der Waals surface area contributed by atoms with Crippen molar-refractivity contribution in [3.8, 4) is 0 Å². The van der Waals surface area contributed by atoms with Crippen molar-refractivity contribution in [1.29, 1.82) is 0 Å². The lowest BCUT2D eigenvalue weighted by molar-refractivity contribution is 0.102. The topological polar surface area (TPSA) is 41.6 Å². The van der Waals surface area contributed by atoms with Crippen molar-refractivity contribution in [3.05, 3.63) is 35.9 Å². The quantitative estimate of drug-likeness (QED) is 0.886. The van der Waals surface area contributed by atoms with E-state index in [1.807, 2.05) is 30.0 Å². The number of hydrogen-bond acceptors (Lipinski definition) is 3. The molecule has 19 heavy (non-hydrogen) atoms. The van der Waals surface area contributed by atoms with Crippen LogP contribution in [0.15, 0.2) is 30.3 Å². The molecule has 1 heterocycles. The molecule has 1 saturated heterocycles. The van der Waals surface area contributed by atoms with E-state index in [1.165, 1.54) is 5.56 Å². The molecule has 1 atom stereocenters. The third-order valence-electron chi connectivity index (χ3n) is 3.43. The molecule has 0 saturated carbocycles. The fourth-order valence-corrected chi connectivity index (χ4v) is 2.47. The first-order valence-electron chi connectivity index (χ1n) is 6.99. The monoisotopic (exact) mass is 262 g/mol. The normalized spacial score (nSPS) is 18.6. The van der Waals surface area contributed by atoms with Gasteiger partial charge in [-0.2, -0.15) is 0 Å². The van der Waals surface area contributed by atoms with Gasteiger partial charge in [0.05, 0.1) is 6.61 Å². The summed E-state index contributed by atoms with van der Waals surface area (Å²) in [7, 11) is 0. The minimum absolute atomic E-state index is 0.175. The van der Waals surface area contributed by atoms with E-state index in [0.29, 0.717) is 6.61 Å². The van der Waals surface area contributed by atoms with Crippen LogP contribution >= 0.6 is 0 Å². The van der Waals surface area contributed by atoms with Crippen molar-refractivity contribution in [1.82, 2.24) is 10.2 Å². The number of amides is 1. The molecule has 1 N–H and O–H groups in total. The molecule has 1 aliphatic rings. The summed E-state index contributed by atoms with van der Waals surface area (Å²) in [5, 5.41) is 3.42. The highest BCUT2D eigenvalue weighted by molar-refractivity contribution is 5.68. The average molecular weight is 262 g/mol. The van der Waals surface area contributed by atoms with E-state index < -0.39 is 0 Å². The molecular formula is C15H22N2O2. The highest BCUT2D eigenvalue weighted by Gasteiger charge is 2.29. The predicted molar refractivity (Wildman–Crippen MR) is 74.9 cm³/mol. The van der Waals surface area contributed by atoms with Gasteiger partial charge in [-0.1, -0.05) is 30.3 Å². The van der Waals surface area contributed by atoms with Crippen molar-refractivity contribution in [3.63, 3.8) is 0 Å². The van der Waals surface area contributed by atoms with Crippen molar-refractivity contribution in [2.24, 2.45) is 0 Å². The highest BCUT2D eigenvalue weighted by atomic mass is 16.6. The fourth-order valence-electron chi connectivity index (χ4n) is 2.47.